The standard InChI is InChI=1S/C38H32N6O2/c39-19-21-11-15-37(16-12-21)41-27-5-1-3-23-7-9-25(33(43-37)29(23)27)31-35(45)32(36(31)46)26-10-8-24-4-2-6-28-30(24)34(26)44-38(42-28)17-13-22(20-40)14-18-38/h1-10,21-22,41-43,45H,11-18H2. The molecule has 4 N–H and O–H groups in total. The molecule has 8 heteroatoms. The van der Waals surface area contributed by atoms with Crippen LogP contribution in [0.5, 0.6) is 0 Å². The molecule has 3 aliphatic carbocycles. The molecule has 5 aliphatic rings. The smallest absolute Gasteiger partial charge is 0.201 e. The van der Waals surface area contributed by atoms with Gasteiger partial charge in [0.05, 0.1) is 34.3 Å². The van der Waals surface area contributed by atoms with E-state index in [9.17, 15) is 20.4 Å². The fourth-order valence-electron chi connectivity index (χ4n) is 8.48. The number of carbonyl (C=O) groups excluding carboxylic acids is 1. The molecule has 2 saturated carbocycles. The van der Waals surface area contributed by atoms with Crippen molar-refractivity contribution in [2.75, 3.05) is 16.0 Å². The molecule has 4 aromatic carbocycles. The van der Waals surface area contributed by atoms with Crippen LogP contribution in [0.2, 0.25) is 0 Å². The molecule has 0 atom stereocenters. The van der Waals surface area contributed by atoms with Gasteiger partial charge in [0.2, 0.25) is 5.78 Å². The van der Waals surface area contributed by atoms with E-state index in [0.717, 1.165) is 95.3 Å². The largest absolute Gasteiger partial charge is 0.506 e. The van der Waals surface area contributed by atoms with Gasteiger partial charge in [0.25, 0.3) is 0 Å². The minimum absolute atomic E-state index is 0.00953. The zero-order valence-corrected chi connectivity index (χ0v) is 25.3. The Balaban J connectivity index is 1.22. The normalized spacial score (nSPS) is 28.9. The first-order chi connectivity index (χ1) is 22.4. The van der Waals surface area contributed by atoms with Gasteiger partial charge in [0, 0.05) is 44.8 Å². The Morgan fingerprint density at radius 2 is 1.37 bits per heavy atom. The number of allylic oxidation sites excluding steroid dienone is 2. The first-order valence-electron chi connectivity index (χ1n) is 16.3. The predicted octanol–water partition coefficient (Wildman–Crippen LogP) is 6.40. The molecule has 9 rings (SSSR count). The second kappa shape index (κ2) is 9.58. The van der Waals surface area contributed by atoms with Crippen molar-refractivity contribution in [3.05, 3.63) is 82.6 Å². The van der Waals surface area contributed by atoms with E-state index < -0.39 is 11.3 Å². The molecule has 0 bridgehead atoms. The number of aliphatic hydroxyl groups is 1. The van der Waals surface area contributed by atoms with Gasteiger partial charge < -0.3 is 21.1 Å². The average molecular weight is 605 g/mol. The van der Waals surface area contributed by atoms with Gasteiger partial charge in [-0.25, -0.2) is 0 Å². The van der Waals surface area contributed by atoms with Crippen LogP contribution in [0.25, 0.3) is 32.7 Å². The Hall–Kier alpha value is -5.34. The molecule has 46 heavy (non-hydrogen) atoms. The number of nitrogens with zero attached hydrogens (tertiary/aromatic N) is 3. The highest BCUT2D eigenvalue weighted by Crippen LogP contribution is 2.49. The average Bonchev–Trinajstić information content (AvgIpc) is 3.08. The number of anilines is 3. The van der Waals surface area contributed by atoms with Gasteiger partial charge in [-0.15, -0.1) is 0 Å². The lowest BCUT2D eigenvalue weighted by atomic mass is 9.77. The summed E-state index contributed by atoms with van der Waals surface area (Å²) in [7, 11) is 0. The van der Waals surface area contributed by atoms with Crippen LogP contribution in [0.3, 0.4) is 0 Å². The highest BCUT2D eigenvalue weighted by atomic mass is 16.3. The van der Waals surface area contributed by atoms with Crippen molar-refractivity contribution in [3.8, 4) is 12.1 Å². The maximum atomic E-state index is 14.3. The number of Topliss-reactive ketones (excluding diaryl/α,β-unsaturated/α-hetero) is 1. The molecule has 0 saturated heterocycles. The summed E-state index contributed by atoms with van der Waals surface area (Å²) in [5.41, 5.74) is 3.14. The molecular weight excluding hydrogens is 572 g/mol. The van der Waals surface area contributed by atoms with Crippen LogP contribution in [0.15, 0.2) is 71.4 Å². The van der Waals surface area contributed by atoms with Gasteiger partial charge >= 0.3 is 0 Å². The highest BCUT2D eigenvalue weighted by molar-refractivity contribution is 6.52. The third kappa shape index (κ3) is 3.77. The van der Waals surface area contributed by atoms with Gasteiger partial charge in [-0.1, -0.05) is 48.5 Å². The van der Waals surface area contributed by atoms with Gasteiger partial charge in [0.1, 0.15) is 17.1 Å². The SMILES string of the molecule is N#CC1CCC2(CC1)N=c1c(=C3C(=O)C(c4ccc5cccc6c5c4NC4(CCC(C#N)CC4)N6)=C3O)ccc3cccc(c13)N2. The summed E-state index contributed by atoms with van der Waals surface area (Å²) in [6, 6.07) is 25.0. The topological polar surface area (TPSA) is 133 Å². The van der Waals surface area contributed by atoms with Crippen molar-refractivity contribution >= 4 is 55.5 Å². The fourth-order valence-corrected chi connectivity index (χ4v) is 8.48. The number of hydrogen-bond donors (Lipinski definition) is 4. The van der Waals surface area contributed by atoms with Crippen LogP contribution in [-0.2, 0) is 4.79 Å². The van der Waals surface area contributed by atoms with Crippen LogP contribution in [0.1, 0.15) is 56.9 Å². The molecule has 2 heterocycles. The van der Waals surface area contributed by atoms with Crippen molar-refractivity contribution in [2.45, 2.75) is 62.7 Å². The maximum absolute atomic E-state index is 14.3. The Morgan fingerprint density at radius 1 is 0.739 bits per heavy atom. The summed E-state index contributed by atoms with van der Waals surface area (Å²) >= 11 is 0. The highest BCUT2D eigenvalue weighted by Gasteiger charge is 2.43. The predicted molar refractivity (Wildman–Crippen MR) is 178 cm³/mol. The van der Waals surface area contributed by atoms with Gasteiger partial charge in [-0.2, -0.15) is 10.5 Å². The van der Waals surface area contributed by atoms with E-state index in [4.69, 9.17) is 4.99 Å². The monoisotopic (exact) mass is 604 g/mol. The Labute approximate surface area is 265 Å². The van der Waals surface area contributed by atoms with E-state index in [2.05, 4.69) is 40.2 Å². The zero-order valence-electron chi connectivity index (χ0n) is 25.3. The summed E-state index contributed by atoms with van der Waals surface area (Å²) in [5.74, 6) is -0.134. The minimum atomic E-state index is -0.547. The summed E-state index contributed by atoms with van der Waals surface area (Å²) < 4.78 is 0. The van der Waals surface area contributed by atoms with Crippen molar-refractivity contribution < 1.29 is 9.90 Å². The van der Waals surface area contributed by atoms with Crippen molar-refractivity contribution in [2.24, 2.45) is 16.8 Å². The third-order valence-corrected chi connectivity index (χ3v) is 11.0. The molecule has 226 valence electrons. The number of nitriles is 2. The number of rotatable bonds is 1. The number of nitrogens with one attached hydrogen (secondary N) is 3. The summed E-state index contributed by atoms with van der Waals surface area (Å²) in [4.78, 5) is 19.5. The van der Waals surface area contributed by atoms with E-state index >= 15 is 0 Å². The van der Waals surface area contributed by atoms with E-state index in [1.54, 1.807) is 0 Å². The minimum Gasteiger partial charge on any atom is -0.506 e. The van der Waals surface area contributed by atoms with Crippen LogP contribution in [0.4, 0.5) is 17.1 Å². The molecular formula is C38H32N6O2. The molecule has 0 amide bonds. The van der Waals surface area contributed by atoms with Crippen molar-refractivity contribution in [1.82, 2.24) is 0 Å². The third-order valence-electron chi connectivity index (χ3n) is 11.0. The Kier molecular flexibility index (Phi) is 5.63. The van der Waals surface area contributed by atoms with Gasteiger partial charge in [-0.05, 0) is 74.3 Å². The number of hydrogen-bond acceptors (Lipinski definition) is 8. The molecule has 2 fully saturated rings. The maximum Gasteiger partial charge on any atom is 0.201 e. The summed E-state index contributed by atoms with van der Waals surface area (Å²) in [5, 5.41) is 47.4. The van der Waals surface area contributed by atoms with Crippen LogP contribution in [-0.4, -0.2) is 22.2 Å². The van der Waals surface area contributed by atoms with Crippen LogP contribution < -0.4 is 26.5 Å². The summed E-state index contributed by atoms with van der Waals surface area (Å²) in [6.07, 6.45) is 6.12. The van der Waals surface area contributed by atoms with Gasteiger partial charge in [0.15, 0.2) is 0 Å². The van der Waals surface area contributed by atoms with Crippen LogP contribution >= 0.6 is 0 Å². The van der Waals surface area contributed by atoms with Crippen LogP contribution in [0, 0.1) is 34.5 Å². The Morgan fingerprint density at radius 3 is 2.04 bits per heavy atom. The van der Waals surface area contributed by atoms with E-state index in [0.29, 0.717) is 21.9 Å². The number of ketones is 1. The molecule has 8 nitrogen and oxygen atoms in total. The lowest BCUT2D eigenvalue weighted by Crippen LogP contribution is -2.50. The zero-order chi connectivity index (χ0) is 31.2. The number of carbonyl (C=O) groups is 1. The first kappa shape index (κ1) is 27.0. The number of benzene rings is 4. The lowest BCUT2D eigenvalue weighted by molar-refractivity contribution is -0.109. The Bertz CT molecular complexity index is 2270. The summed E-state index contributed by atoms with van der Waals surface area (Å²) in [6.45, 7) is 0. The van der Waals surface area contributed by atoms with Gasteiger partial charge in [-0.3, -0.25) is 9.79 Å². The molecule has 0 unspecified atom stereocenters. The quantitative estimate of drug-likeness (QED) is 0.198. The molecule has 2 spiro atoms. The molecule has 0 radical (unpaired) electrons. The fraction of sp³-hybridized carbons (Fsp3) is 0.316. The lowest BCUT2D eigenvalue weighted by Gasteiger charge is -2.45. The van der Waals surface area contributed by atoms with Crippen molar-refractivity contribution in [1.29, 1.82) is 10.5 Å². The molecule has 0 aromatic heterocycles. The molecule has 4 aromatic rings. The molecule has 2 aliphatic heterocycles. The van der Waals surface area contributed by atoms with E-state index in [1.165, 1.54) is 0 Å². The second-order valence-electron chi connectivity index (χ2n) is 13.6. The van der Waals surface area contributed by atoms with E-state index in [1.807, 2.05) is 48.5 Å². The first-order valence-corrected chi connectivity index (χ1v) is 16.3. The van der Waals surface area contributed by atoms with Crippen molar-refractivity contribution in [3.63, 3.8) is 0 Å². The second-order valence-corrected chi connectivity index (χ2v) is 13.6. The number of aliphatic hydroxyl groups excluding tert-OH is 1. The van der Waals surface area contributed by atoms with E-state index in [-0.39, 0.29) is 23.4 Å².